The van der Waals surface area contributed by atoms with Gasteiger partial charge in [0.2, 0.25) is 0 Å². The second-order valence-corrected chi connectivity index (χ2v) is 12.4. The molecule has 2 aromatic rings. The summed E-state index contributed by atoms with van der Waals surface area (Å²) in [4.78, 5) is 26.0. The van der Waals surface area contributed by atoms with Crippen LogP contribution in [0.2, 0.25) is 0 Å². The van der Waals surface area contributed by atoms with Gasteiger partial charge in [-0.2, -0.15) is 8.42 Å². The van der Waals surface area contributed by atoms with E-state index in [1.807, 2.05) is 25.1 Å². The molecule has 0 radical (unpaired) electrons. The van der Waals surface area contributed by atoms with Crippen LogP contribution in [-0.4, -0.2) is 39.3 Å². The third kappa shape index (κ3) is 9.91. The highest BCUT2D eigenvalue weighted by atomic mass is 32.2. The van der Waals surface area contributed by atoms with Crippen LogP contribution in [0.5, 0.6) is 0 Å². The summed E-state index contributed by atoms with van der Waals surface area (Å²) in [6.45, 7) is 11.1. The monoisotopic (exact) mass is 599 g/mol. The number of nitrogens with one attached hydrogen (secondary N) is 1. The minimum atomic E-state index is -3.94. The van der Waals surface area contributed by atoms with E-state index in [0.717, 1.165) is 66.2 Å². The maximum Gasteiger partial charge on any atom is 0.308 e. The zero-order valence-electron chi connectivity index (χ0n) is 24.8. The normalized spacial score (nSPS) is 14.6. The summed E-state index contributed by atoms with van der Waals surface area (Å²) in [5.41, 5.74) is 5.25. The molecular formula is C33H42FNO6S. The average Bonchev–Trinajstić information content (AvgIpc) is 3.75. The fraction of sp³-hybridized carbons (Fsp3) is 0.455. The summed E-state index contributed by atoms with van der Waals surface area (Å²) in [5.74, 6) is -1.14. The average molecular weight is 600 g/mol. The first-order valence-corrected chi connectivity index (χ1v) is 16.3. The SMILES string of the molecule is C=CCCCCc1cc(F)cc(C)c1-c1cc(C2CC2)cc([C@H](CC(=O)OCC)NC(=O)[C@@H](CC=C)OS(C)(=O)=O)c1. The zero-order chi connectivity index (χ0) is 30.9. The van der Waals surface area contributed by atoms with Crippen molar-refractivity contribution in [2.75, 3.05) is 12.9 Å². The number of halogens is 1. The van der Waals surface area contributed by atoms with Gasteiger partial charge in [-0.05, 0) is 110 Å². The fourth-order valence-electron chi connectivity index (χ4n) is 5.16. The molecule has 0 saturated heterocycles. The summed E-state index contributed by atoms with van der Waals surface area (Å²) < 4.78 is 48.4. The largest absolute Gasteiger partial charge is 0.466 e. The van der Waals surface area contributed by atoms with Crippen molar-refractivity contribution in [2.24, 2.45) is 0 Å². The van der Waals surface area contributed by atoms with Crippen LogP contribution in [0, 0.1) is 12.7 Å². The van der Waals surface area contributed by atoms with Crippen LogP contribution in [0.15, 0.2) is 55.6 Å². The third-order valence-electron chi connectivity index (χ3n) is 7.16. The number of benzene rings is 2. The van der Waals surface area contributed by atoms with Crippen LogP contribution >= 0.6 is 0 Å². The van der Waals surface area contributed by atoms with Crippen LogP contribution in [0.4, 0.5) is 4.39 Å². The first-order chi connectivity index (χ1) is 19.9. The molecule has 0 heterocycles. The lowest BCUT2D eigenvalue weighted by Crippen LogP contribution is -2.40. The molecule has 42 heavy (non-hydrogen) atoms. The van der Waals surface area contributed by atoms with Gasteiger partial charge in [-0.3, -0.25) is 13.8 Å². The molecule has 228 valence electrons. The highest BCUT2D eigenvalue weighted by Gasteiger charge is 2.30. The number of amides is 1. The fourth-order valence-corrected chi connectivity index (χ4v) is 5.75. The standard InChI is InChI=1S/C33H42FNO6S/c1-6-9-10-11-13-24-20-28(34)16-22(4)32(24)27-18-25(23-14-15-23)17-26(19-27)29(21-31(36)40-8-3)35-33(37)30(12-7-2)41-42(5,38)39/h6-7,16-20,23,29-30H,1-2,8-15,21H2,3-5H3,(H,35,37)/t29-,30+/m0/s1. The summed E-state index contributed by atoms with van der Waals surface area (Å²) in [6.07, 6.45) is 8.06. The molecule has 0 aliphatic heterocycles. The highest BCUT2D eigenvalue weighted by Crippen LogP contribution is 2.43. The van der Waals surface area contributed by atoms with Gasteiger partial charge in [-0.25, -0.2) is 4.39 Å². The van der Waals surface area contributed by atoms with Crippen LogP contribution < -0.4 is 5.32 Å². The Labute approximate surface area is 249 Å². The number of aryl methyl sites for hydroxylation is 2. The Balaban J connectivity index is 2.09. The smallest absolute Gasteiger partial charge is 0.308 e. The highest BCUT2D eigenvalue weighted by molar-refractivity contribution is 7.86. The summed E-state index contributed by atoms with van der Waals surface area (Å²) in [7, 11) is -3.94. The van der Waals surface area contributed by atoms with E-state index in [1.165, 1.54) is 12.1 Å². The maximum absolute atomic E-state index is 14.6. The van der Waals surface area contributed by atoms with E-state index in [1.54, 1.807) is 13.0 Å². The van der Waals surface area contributed by atoms with E-state index >= 15 is 0 Å². The third-order valence-corrected chi connectivity index (χ3v) is 7.74. The Kier molecular flexibility index (Phi) is 12.1. The van der Waals surface area contributed by atoms with E-state index in [-0.39, 0.29) is 25.3 Å². The molecular weight excluding hydrogens is 557 g/mol. The molecule has 1 aliphatic carbocycles. The predicted molar refractivity (Wildman–Crippen MR) is 163 cm³/mol. The van der Waals surface area contributed by atoms with Crippen molar-refractivity contribution in [3.8, 4) is 11.1 Å². The van der Waals surface area contributed by atoms with Crippen LogP contribution in [0.1, 0.15) is 86.1 Å². The minimum Gasteiger partial charge on any atom is -0.466 e. The molecule has 2 atom stereocenters. The molecule has 1 aliphatic rings. The van der Waals surface area contributed by atoms with Gasteiger partial charge in [0.1, 0.15) is 5.82 Å². The molecule has 1 fully saturated rings. The second-order valence-electron chi connectivity index (χ2n) is 10.8. The Morgan fingerprint density at radius 3 is 2.48 bits per heavy atom. The van der Waals surface area contributed by atoms with Crippen LogP contribution in [-0.2, 0) is 35.0 Å². The predicted octanol–water partition coefficient (Wildman–Crippen LogP) is 6.61. The number of allylic oxidation sites excluding steroid dienone is 1. The van der Waals surface area contributed by atoms with Gasteiger partial charge < -0.3 is 10.1 Å². The van der Waals surface area contributed by atoms with Gasteiger partial charge in [0, 0.05) is 6.42 Å². The minimum absolute atomic E-state index is 0.0393. The lowest BCUT2D eigenvalue weighted by Gasteiger charge is -2.24. The molecule has 0 bridgehead atoms. The lowest BCUT2D eigenvalue weighted by atomic mass is 9.88. The van der Waals surface area contributed by atoms with Crippen molar-refractivity contribution in [1.82, 2.24) is 5.32 Å². The number of carbonyl (C=O) groups is 2. The zero-order valence-corrected chi connectivity index (χ0v) is 25.6. The van der Waals surface area contributed by atoms with E-state index in [0.29, 0.717) is 17.9 Å². The topological polar surface area (TPSA) is 98.8 Å². The molecule has 2 aromatic carbocycles. The molecule has 7 nitrogen and oxygen atoms in total. The first kappa shape index (κ1) is 33.2. The Morgan fingerprint density at radius 2 is 1.86 bits per heavy atom. The van der Waals surface area contributed by atoms with E-state index in [4.69, 9.17) is 8.92 Å². The summed E-state index contributed by atoms with van der Waals surface area (Å²) >= 11 is 0. The van der Waals surface area contributed by atoms with Crippen molar-refractivity contribution in [3.63, 3.8) is 0 Å². The Morgan fingerprint density at radius 1 is 1.12 bits per heavy atom. The lowest BCUT2D eigenvalue weighted by molar-refractivity contribution is -0.144. The molecule has 1 N–H and O–H groups in total. The number of esters is 1. The van der Waals surface area contributed by atoms with Crippen molar-refractivity contribution >= 4 is 22.0 Å². The molecule has 0 aromatic heterocycles. The molecule has 0 spiro atoms. The van der Waals surface area contributed by atoms with E-state index < -0.39 is 34.1 Å². The van der Waals surface area contributed by atoms with Crippen LogP contribution in [0.25, 0.3) is 11.1 Å². The number of rotatable bonds is 17. The molecule has 3 rings (SSSR count). The maximum atomic E-state index is 14.6. The molecule has 1 amide bonds. The van der Waals surface area contributed by atoms with Crippen molar-refractivity contribution in [2.45, 2.75) is 83.3 Å². The number of hydrogen-bond donors (Lipinski definition) is 1. The second kappa shape index (κ2) is 15.3. The van der Waals surface area contributed by atoms with Gasteiger partial charge in [-0.15, -0.1) is 13.2 Å². The first-order valence-electron chi connectivity index (χ1n) is 14.5. The van der Waals surface area contributed by atoms with Crippen molar-refractivity contribution in [1.29, 1.82) is 0 Å². The molecule has 9 heteroatoms. The number of unbranched alkanes of at least 4 members (excludes halogenated alkanes) is 2. The van der Waals surface area contributed by atoms with Gasteiger partial charge in [0.05, 0.1) is 25.3 Å². The number of ether oxygens (including phenoxy) is 1. The van der Waals surface area contributed by atoms with Crippen molar-refractivity contribution < 1.29 is 31.3 Å². The van der Waals surface area contributed by atoms with Crippen LogP contribution in [0.3, 0.4) is 0 Å². The van der Waals surface area contributed by atoms with Gasteiger partial charge >= 0.3 is 5.97 Å². The summed E-state index contributed by atoms with van der Waals surface area (Å²) in [6, 6.07) is 8.30. The van der Waals surface area contributed by atoms with Crippen molar-refractivity contribution in [3.05, 3.63) is 83.7 Å². The number of carbonyl (C=O) groups excluding carboxylic acids is 2. The van der Waals surface area contributed by atoms with Gasteiger partial charge in [0.25, 0.3) is 16.0 Å². The van der Waals surface area contributed by atoms with Gasteiger partial charge in [-0.1, -0.05) is 24.3 Å². The molecule has 0 unspecified atom stereocenters. The number of hydrogen-bond acceptors (Lipinski definition) is 6. The quantitative estimate of drug-likeness (QED) is 0.0951. The summed E-state index contributed by atoms with van der Waals surface area (Å²) in [5, 5.41) is 2.84. The Hall–Kier alpha value is -3.30. The van der Waals surface area contributed by atoms with E-state index in [2.05, 4.69) is 24.5 Å². The van der Waals surface area contributed by atoms with Gasteiger partial charge in [0.15, 0.2) is 6.10 Å². The molecule has 1 saturated carbocycles. The van der Waals surface area contributed by atoms with E-state index in [9.17, 15) is 22.4 Å². The Bertz CT molecular complexity index is 1400.